The summed E-state index contributed by atoms with van der Waals surface area (Å²) in [6.07, 6.45) is 7.94. The number of allylic oxidation sites excluding steroid dienone is 4. The van der Waals surface area contributed by atoms with Gasteiger partial charge in [-0.3, -0.25) is 0 Å². The van der Waals surface area contributed by atoms with E-state index in [0.29, 0.717) is 5.92 Å². The fourth-order valence-electron chi connectivity index (χ4n) is 6.22. The van der Waals surface area contributed by atoms with Gasteiger partial charge >= 0.3 is 0 Å². The Labute approximate surface area is 251 Å². The Morgan fingerprint density at radius 3 is 1.77 bits per heavy atom. The van der Waals surface area contributed by atoms with Crippen LogP contribution in [0.25, 0.3) is 61.4 Å². The zero-order valence-corrected chi connectivity index (χ0v) is 23.6. The zero-order chi connectivity index (χ0) is 28.6. The molecule has 5 aromatic carbocycles. The van der Waals surface area contributed by atoms with Crippen molar-refractivity contribution in [3.05, 3.63) is 163 Å². The highest BCUT2D eigenvalue weighted by Gasteiger charge is 2.17. The highest BCUT2D eigenvalue weighted by Crippen LogP contribution is 2.36. The molecule has 1 unspecified atom stereocenters. The smallest absolute Gasteiger partial charge is 0.160 e. The lowest BCUT2D eigenvalue weighted by atomic mass is 9.90. The van der Waals surface area contributed by atoms with Crippen molar-refractivity contribution in [1.82, 2.24) is 14.5 Å². The summed E-state index contributed by atoms with van der Waals surface area (Å²) in [6, 6.07) is 48.9. The second-order valence-electron chi connectivity index (χ2n) is 11.0. The third kappa shape index (κ3) is 4.65. The largest absolute Gasteiger partial charge is 0.310 e. The highest BCUT2D eigenvalue weighted by molar-refractivity contribution is 6.10. The molecule has 204 valence electrons. The minimum absolute atomic E-state index is 0.292. The SMILES string of the molecule is C1=CC(c2cccc(-c3cc(-c4ccccc4)nc(-c4ccccc4)n3)c2)CC=C1n1c2ccccc2c2ccccc21. The van der Waals surface area contributed by atoms with Crippen molar-refractivity contribution in [2.75, 3.05) is 0 Å². The van der Waals surface area contributed by atoms with Crippen LogP contribution in [0, 0.1) is 0 Å². The van der Waals surface area contributed by atoms with Crippen molar-refractivity contribution >= 4 is 27.5 Å². The standard InChI is InChI=1S/C40H29N3/c1-3-12-29(13-4-1)36-27-37(42-40(41-36)30-14-5-2-6-15-30)32-17-11-16-31(26-32)28-22-24-33(25-23-28)43-38-20-9-7-18-34(38)35-19-8-10-21-39(35)43/h1-22,24-28H,23H2. The first-order valence-electron chi connectivity index (χ1n) is 14.8. The maximum absolute atomic E-state index is 5.04. The molecule has 1 atom stereocenters. The number of benzene rings is 5. The van der Waals surface area contributed by atoms with Gasteiger partial charge in [-0.1, -0.05) is 127 Å². The summed E-state index contributed by atoms with van der Waals surface area (Å²) in [5.74, 6) is 1.03. The van der Waals surface area contributed by atoms with E-state index in [2.05, 4.69) is 138 Å². The predicted molar refractivity (Wildman–Crippen MR) is 179 cm³/mol. The molecule has 2 aromatic heterocycles. The first-order valence-corrected chi connectivity index (χ1v) is 14.8. The van der Waals surface area contributed by atoms with Gasteiger partial charge < -0.3 is 4.57 Å². The molecule has 0 N–H and O–H groups in total. The molecule has 2 heterocycles. The molecule has 0 aliphatic heterocycles. The molecule has 0 amide bonds. The summed E-state index contributed by atoms with van der Waals surface area (Å²) in [5, 5.41) is 2.58. The van der Waals surface area contributed by atoms with Crippen molar-refractivity contribution < 1.29 is 0 Å². The first kappa shape index (κ1) is 25.2. The molecule has 8 rings (SSSR count). The minimum atomic E-state index is 0.292. The highest BCUT2D eigenvalue weighted by atomic mass is 15.0. The molecular weight excluding hydrogens is 522 g/mol. The van der Waals surface area contributed by atoms with E-state index in [-0.39, 0.29) is 0 Å². The molecule has 43 heavy (non-hydrogen) atoms. The van der Waals surface area contributed by atoms with E-state index in [4.69, 9.17) is 9.97 Å². The van der Waals surface area contributed by atoms with Crippen molar-refractivity contribution in [1.29, 1.82) is 0 Å². The quantitative estimate of drug-likeness (QED) is 0.213. The Hall–Kier alpha value is -5.54. The third-order valence-electron chi connectivity index (χ3n) is 8.36. The maximum atomic E-state index is 5.04. The Balaban J connectivity index is 1.15. The van der Waals surface area contributed by atoms with E-state index in [0.717, 1.165) is 40.3 Å². The van der Waals surface area contributed by atoms with Crippen molar-refractivity contribution in [2.24, 2.45) is 0 Å². The van der Waals surface area contributed by atoms with Crippen LogP contribution in [0.4, 0.5) is 0 Å². The number of aromatic nitrogens is 3. The molecule has 7 aromatic rings. The molecular formula is C40H29N3. The van der Waals surface area contributed by atoms with Crippen LogP contribution < -0.4 is 0 Å². The Morgan fingerprint density at radius 1 is 0.535 bits per heavy atom. The number of nitrogens with zero attached hydrogens (tertiary/aromatic N) is 3. The summed E-state index contributed by atoms with van der Waals surface area (Å²) >= 11 is 0. The Bertz CT molecular complexity index is 2040. The summed E-state index contributed by atoms with van der Waals surface area (Å²) in [4.78, 5) is 10.0. The van der Waals surface area contributed by atoms with Crippen LogP contribution in [0.15, 0.2) is 158 Å². The fraction of sp³-hybridized carbons (Fsp3) is 0.0500. The van der Waals surface area contributed by atoms with Crippen LogP contribution in [0.1, 0.15) is 17.9 Å². The van der Waals surface area contributed by atoms with Gasteiger partial charge in [0.05, 0.1) is 22.4 Å². The molecule has 0 radical (unpaired) electrons. The summed E-state index contributed by atoms with van der Waals surface area (Å²) in [6.45, 7) is 0. The maximum Gasteiger partial charge on any atom is 0.160 e. The number of hydrogen-bond acceptors (Lipinski definition) is 2. The van der Waals surface area contributed by atoms with Crippen LogP contribution in [0.3, 0.4) is 0 Å². The molecule has 3 heteroatoms. The molecule has 3 nitrogen and oxygen atoms in total. The monoisotopic (exact) mass is 551 g/mol. The zero-order valence-electron chi connectivity index (χ0n) is 23.6. The van der Waals surface area contributed by atoms with Crippen LogP contribution in [0.2, 0.25) is 0 Å². The minimum Gasteiger partial charge on any atom is -0.310 e. The van der Waals surface area contributed by atoms with Crippen LogP contribution >= 0.6 is 0 Å². The molecule has 0 bridgehead atoms. The van der Waals surface area contributed by atoms with E-state index < -0.39 is 0 Å². The molecule has 0 fully saturated rings. The number of rotatable bonds is 5. The van der Waals surface area contributed by atoms with E-state index in [1.54, 1.807) is 0 Å². The first-order chi connectivity index (χ1) is 21.3. The average Bonchev–Trinajstić information content (AvgIpc) is 3.43. The van der Waals surface area contributed by atoms with Crippen LogP contribution in [-0.2, 0) is 0 Å². The van der Waals surface area contributed by atoms with Gasteiger partial charge in [0.15, 0.2) is 5.82 Å². The summed E-state index contributed by atoms with van der Waals surface area (Å²) in [7, 11) is 0. The number of para-hydroxylation sites is 2. The topological polar surface area (TPSA) is 30.7 Å². The lowest BCUT2D eigenvalue weighted by molar-refractivity contribution is 0.850. The van der Waals surface area contributed by atoms with Gasteiger partial charge in [-0.25, -0.2) is 9.97 Å². The fourth-order valence-corrected chi connectivity index (χ4v) is 6.22. The predicted octanol–water partition coefficient (Wildman–Crippen LogP) is 10.2. The molecule has 0 saturated carbocycles. The Morgan fingerprint density at radius 2 is 1.12 bits per heavy atom. The number of hydrogen-bond donors (Lipinski definition) is 0. The van der Waals surface area contributed by atoms with Gasteiger partial charge in [-0.05, 0) is 42.3 Å². The number of fused-ring (bicyclic) bond motifs is 3. The molecule has 0 spiro atoms. The van der Waals surface area contributed by atoms with Gasteiger partial charge in [-0.15, -0.1) is 0 Å². The van der Waals surface area contributed by atoms with Gasteiger partial charge in [0.25, 0.3) is 0 Å². The van der Waals surface area contributed by atoms with Crippen LogP contribution in [0.5, 0.6) is 0 Å². The molecule has 0 saturated heterocycles. The third-order valence-corrected chi connectivity index (χ3v) is 8.36. The van der Waals surface area contributed by atoms with Crippen molar-refractivity contribution in [3.8, 4) is 33.9 Å². The van der Waals surface area contributed by atoms with Crippen LogP contribution in [-0.4, -0.2) is 14.5 Å². The summed E-state index contributed by atoms with van der Waals surface area (Å²) in [5.41, 5.74) is 10.0. The van der Waals surface area contributed by atoms with E-state index in [1.807, 2.05) is 24.3 Å². The van der Waals surface area contributed by atoms with Gasteiger partial charge in [0.2, 0.25) is 0 Å². The van der Waals surface area contributed by atoms with Gasteiger partial charge in [0.1, 0.15) is 0 Å². The lowest BCUT2D eigenvalue weighted by Gasteiger charge is -2.19. The van der Waals surface area contributed by atoms with E-state index >= 15 is 0 Å². The van der Waals surface area contributed by atoms with E-state index in [9.17, 15) is 0 Å². The second-order valence-corrected chi connectivity index (χ2v) is 11.0. The normalized spacial score (nSPS) is 14.7. The van der Waals surface area contributed by atoms with E-state index in [1.165, 1.54) is 33.1 Å². The lowest BCUT2D eigenvalue weighted by Crippen LogP contribution is -2.03. The van der Waals surface area contributed by atoms with Gasteiger partial charge in [-0.2, -0.15) is 0 Å². The average molecular weight is 552 g/mol. The molecule has 1 aliphatic carbocycles. The van der Waals surface area contributed by atoms with Gasteiger partial charge in [0, 0.05) is 39.1 Å². The van der Waals surface area contributed by atoms with Crippen molar-refractivity contribution in [2.45, 2.75) is 12.3 Å². The Kier molecular flexibility index (Phi) is 6.27. The van der Waals surface area contributed by atoms with Crippen molar-refractivity contribution in [3.63, 3.8) is 0 Å². The second kappa shape index (κ2) is 10.7. The molecule has 1 aliphatic rings. The summed E-state index contributed by atoms with van der Waals surface area (Å²) < 4.78 is 2.39.